The summed E-state index contributed by atoms with van der Waals surface area (Å²) in [5.74, 6) is 1.83. The molecule has 1 saturated heterocycles. The molecule has 4 heteroatoms. The third-order valence-corrected chi connectivity index (χ3v) is 3.62. The van der Waals surface area contributed by atoms with Crippen LogP contribution in [0.5, 0.6) is 0 Å². The summed E-state index contributed by atoms with van der Waals surface area (Å²) >= 11 is 0. The third kappa shape index (κ3) is 2.75. The highest BCUT2D eigenvalue weighted by Gasteiger charge is 2.23. The summed E-state index contributed by atoms with van der Waals surface area (Å²) in [4.78, 5) is 10.8. The number of aliphatic hydroxyl groups excluding tert-OH is 1. The SMILES string of the molecule is OC1CCCN(c2cc(CC3CC3)ncn2)C1. The van der Waals surface area contributed by atoms with Crippen molar-refractivity contribution in [3.8, 4) is 0 Å². The molecular weight excluding hydrogens is 214 g/mol. The number of β-amino-alcohol motifs (C(OH)–C–C–N with tert-alkyl or cyclic N) is 1. The van der Waals surface area contributed by atoms with Gasteiger partial charge in [0.1, 0.15) is 12.1 Å². The molecule has 0 amide bonds. The third-order valence-electron chi connectivity index (χ3n) is 3.62. The Morgan fingerprint density at radius 2 is 2.18 bits per heavy atom. The summed E-state index contributed by atoms with van der Waals surface area (Å²) in [7, 11) is 0. The topological polar surface area (TPSA) is 49.2 Å². The van der Waals surface area contributed by atoms with Gasteiger partial charge in [-0.25, -0.2) is 9.97 Å². The van der Waals surface area contributed by atoms with Crippen molar-refractivity contribution in [2.45, 2.75) is 38.2 Å². The molecule has 92 valence electrons. The van der Waals surface area contributed by atoms with Gasteiger partial charge >= 0.3 is 0 Å². The van der Waals surface area contributed by atoms with Crippen molar-refractivity contribution < 1.29 is 5.11 Å². The standard InChI is InChI=1S/C13H19N3O/c17-12-2-1-5-16(8-12)13-7-11(14-9-15-13)6-10-3-4-10/h7,9-10,12,17H,1-6,8H2. The summed E-state index contributed by atoms with van der Waals surface area (Å²) in [6.45, 7) is 1.71. The van der Waals surface area contributed by atoms with Crippen molar-refractivity contribution >= 4 is 5.82 Å². The highest BCUT2D eigenvalue weighted by atomic mass is 16.3. The molecule has 0 aromatic carbocycles. The average Bonchev–Trinajstić information content (AvgIpc) is 3.13. The fourth-order valence-electron chi connectivity index (χ4n) is 2.45. The zero-order chi connectivity index (χ0) is 11.7. The minimum atomic E-state index is -0.203. The number of aliphatic hydroxyl groups is 1. The Bertz CT molecular complexity index is 392. The van der Waals surface area contributed by atoms with Crippen LogP contribution in [0.2, 0.25) is 0 Å². The predicted octanol–water partition coefficient (Wildman–Crippen LogP) is 1.39. The van der Waals surface area contributed by atoms with Crippen molar-refractivity contribution in [3.63, 3.8) is 0 Å². The number of anilines is 1. The van der Waals surface area contributed by atoms with Crippen molar-refractivity contribution in [2.24, 2.45) is 5.92 Å². The lowest BCUT2D eigenvalue weighted by molar-refractivity contribution is 0.154. The summed E-state index contributed by atoms with van der Waals surface area (Å²) in [6, 6.07) is 2.09. The monoisotopic (exact) mass is 233 g/mol. The van der Waals surface area contributed by atoms with E-state index < -0.39 is 0 Å². The van der Waals surface area contributed by atoms with Crippen LogP contribution in [0, 0.1) is 5.92 Å². The molecular formula is C13H19N3O. The van der Waals surface area contributed by atoms with E-state index in [9.17, 15) is 5.11 Å². The predicted molar refractivity (Wildman–Crippen MR) is 65.9 cm³/mol. The minimum Gasteiger partial charge on any atom is -0.391 e. The molecule has 1 unspecified atom stereocenters. The first-order valence-corrected chi connectivity index (χ1v) is 6.55. The molecule has 0 bridgehead atoms. The Morgan fingerprint density at radius 1 is 1.29 bits per heavy atom. The first kappa shape index (κ1) is 11.0. The van der Waals surface area contributed by atoms with E-state index in [1.807, 2.05) is 0 Å². The number of rotatable bonds is 3. The molecule has 2 aliphatic rings. The molecule has 1 aromatic rings. The quantitative estimate of drug-likeness (QED) is 0.857. The molecule has 1 aliphatic heterocycles. The Morgan fingerprint density at radius 3 is 2.94 bits per heavy atom. The second kappa shape index (κ2) is 4.61. The highest BCUT2D eigenvalue weighted by Crippen LogP contribution is 2.32. The number of nitrogens with zero attached hydrogens (tertiary/aromatic N) is 3. The Hall–Kier alpha value is -1.16. The maximum Gasteiger partial charge on any atom is 0.132 e. The Labute approximate surface area is 102 Å². The first-order chi connectivity index (χ1) is 8.31. The van der Waals surface area contributed by atoms with Gasteiger partial charge in [-0.1, -0.05) is 0 Å². The van der Waals surface area contributed by atoms with Gasteiger partial charge in [0, 0.05) is 24.8 Å². The van der Waals surface area contributed by atoms with Crippen LogP contribution in [-0.2, 0) is 6.42 Å². The maximum atomic E-state index is 9.68. The van der Waals surface area contributed by atoms with Gasteiger partial charge in [0.15, 0.2) is 0 Å². The van der Waals surface area contributed by atoms with Crippen LogP contribution < -0.4 is 4.90 Å². The van der Waals surface area contributed by atoms with Crippen molar-refractivity contribution in [2.75, 3.05) is 18.0 Å². The fraction of sp³-hybridized carbons (Fsp3) is 0.692. The van der Waals surface area contributed by atoms with E-state index in [1.54, 1.807) is 6.33 Å². The van der Waals surface area contributed by atoms with Crippen molar-refractivity contribution in [1.29, 1.82) is 0 Å². The second-order valence-corrected chi connectivity index (χ2v) is 5.26. The van der Waals surface area contributed by atoms with Crippen LogP contribution in [0.25, 0.3) is 0 Å². The fourth-order valence-corrected chi connectivity index (χ4v) is 2.45. The molecule has 1 atom stereocenters. The number of hydrogen-bond donors (Lipinski definition) is 1. The zero-order valence-electron chi connectivity index (χ0n) is 10.0. The first-order valence-electron chi connectivity index (χ1n) is 6.55. The van der Waals surface area contributed by atoms with Crippen LogP contribution >= 0.6 is 0 Å². The molecule has 1 aromatic heterocycles. The molecule has 1 aliphatic carbocycles. The van der Waals surface area contributed by atoms with E-state index in [4.69, 9.17) is 0 Å². The van der Waals surface area contributed by atoms with Crippen LogP contribution in [0.3, 0.4) is 0 Å². The van der Waals surface area contributed by atoms with Gasteiger partial charge in [0.05, 0.1) is 6.10 Å². The van der Waals surface area contributed by atoms with Crippen LogP contribution in [0.1, 0.15) is 31.4 Å². The Kier molecular flexibility index (Phi) is 2.97. The lowest BCUT2D eigenvalue weighted by Crippen LogP contribution is -2.38. The smallest absolute Gasteiger partial charge is 0.132 e. The molecule has 17 heavy (non-hydrogen) atoms. The second-order valence-electron chi connectivity index (χ2n) is 5.26. The van der Waals surface area contributed by atoms with Crippen LogP contribution in [0.4, 0.5) is 5.82 Å². The number of piperidine rings is 1. The lowest BCUT2D eigenvalue weighted by Gasteiger charge is -2.31. The summed E-state index contributed by atoms with van der Waals surface area (Å²) in [6.07, 6.45) is 7.20. The molecule has 4 nitrogen and oxygen atoms in total. The highest BCUT2D eigenvalue weighted by molar-refractivity contribution is 5.39. The van der Waals surface area contributed by atoms with Crippen molar-refractivity contribution in [3.05, 3.63) is 18.1 Å². The molecule has 1 N–H and O–H groups in total. The van der Waals surface area contributed by atoms with Gasteiger partial charge in [-0.15, -0.1) is 0 Å². The summed E-state index contributed by atoms with van der Waals surface area (Å²) < 4.78 is 0. The molecule has 3 rings (SSSR count). The number of aromatic nitrogens is 2. The molecule has 1 saturated carbocycles. The van der Waals surface area contributed by atoms with Gasteiger partial charge in [-0.3, -0.25) is 0 Å². The Balaban J connectivity index is 1.72. The van der Waals surface area contributed by atoms with E-state index in [0.717, 1.165) is 43.2 Å². The van der Waals surface area contributed by atoms with Gasteiger partial charge in [0.2, 0.25) is 0 Å². The largest absolute Gasteiger partial charge is 0.391 e. The van der Waals surface area contributed by atoms with Gasteiger partial charge < -0.3 is 10.0 Å². The zero-order valence-corrected chi connectivity index (χ0v) is 10.0. The van der Waals surface area contributed by atoms with E-state index >= 15 is 0 Å². The van der Waals surface area contributed by atoms with E-state index in [2.05, 4.69) is 20.9 Å². The van der Waals surface area contributed by atoms with Crippen LogP contribution in [0.15, 0.2) is 12.4 Å². The molecule has 0 radical (unpaired) electrons. The normalized spacial score (nSPS) is 25.0. The average molecular weight is 233 g/mol. The van der Waals surface area contributed by atoms with Gasteiger partial charge in [-0.05, 0) is 38.0 Å². The van der Waals surface area contributed by atoms with E-state index in [1.165, 1.54) is 12.8 Å². The minimum absolute atomic E-state index is 0.203. The summed E-state index contributed by atoms with van der Waals surface area (Å²) in [5.41, 5.74) is 1.15. The van der Waals surface area contributed by atoms with Gasteiger partial charge in [-0.2, -0.15) is 0 Å². The molecule has 0 spiro atoms. The maximum absolute atomic E-state index is 9.68. The number of hydrogen-bond acceptors (Lipinski definition) is 4. The summed E-state index contributed by atoms with van der Waals surface area (Å²) in [5, 5.41) is 9.68. The van der Waals surface area contributed by atoms with E-state index in [0.29, 0.717) is 6.54 Å². The van der Waals surface area contributed by atoms with Gasteiger partial charge in [0.25, 0.3) is 0 Å². The van der Waals surface area contributed by atoms with Crippen LogP contribution in [-0.4, -0.2) is 34.3 Å². The molecule has 2 heterocycles. The van der Waals surface area contributed by atoms with Crippen molar-refractivity contribution in [1.82, 2.24) is 9.97 Å². The van der Waals surface area contributed by atoms with E-state index in [-0.39, 0.29) is 6.10 Å². The molecule has 2 fully saturated rings. The lowest BCUT2D eigenvalue weighted by atomic mass is 10.1.